The molecular weight excluding hydrogens is 1380 g/mol. The fourth-order valence-electron chi connectivity index (χ4n) is 14.1. The van der Waals surface area contributed by atoms with Gasteiger partial charge in [-0.15, -0.1) is 5.10 Å². The quantitative estimate of drug-likeness (QED) is 0.0325. The zero-order chi connectivity index (χ0) is 76.2. The van der Waals surface area contributed by atoms with Gasteiger partial charge in [0.2, 0.25) is 23.7 Å². The average molecular weight is 1470 g/mol. The molecule has 0 unspecified atom stereocenters. The highest BCUT2D eigenvalue weighted by molar-refractivity contribution is 6.04. The summed E-state index contributed by atoms with van der Waals surface area (Å²) in [6.07, 6.45) is 23.4. The van der Waals surface area contributed by atoms with Crippen LogP contribution in [0.25, 0.3) is 39.3 Å². The third-order valence-corrected chi connectivity index (χ3v) is 20.3. The molecule has 0 radical (unpaired) electrons. The van der Waals surface area contributed by atoms with Crippen molar-refractivity contribution in [3.8, 4) is 39.8 Å². The third-order valence-electron chi connectivity index (χ3n) is 20.3. The summed E-state index contributed by atoms with van der Waals surface area (Å²) >= 11 is 0. The number of hydrogen-bond donors (Lipinski definition) is 6. The van der Waals surface area contributed by atoms with Crippen molar-refractivity contribution in [2.45, 2.75) is 56.5 Å². The molecule has 4 aliphatic rings. The summed E-state index contributed by atoms with van der Waals surface area (Å²) in [5, 5.41) is 23.7. The third kappa shape index (κ3) is 17.6. The SMILES string of the molecule is C=CC(=O)Nc1cc(Nc2cn3c(-c4ccccc4)cnc3cn2)c(OC)cc1N1CCC(N(C)C)CC1.C=CC(=O)Nc1cc(Nc2cn3c(C4CC4)cnc3cn2)c(OC)cc1N1CCC(N(C)C)CC1.C=CC(=O)Nc1cc(Nc2ncc3ccc(-c4ccccc4)n3n2)c(OC)cc1N1CCN(C)CC1. The first-order chi connectivity index (χ1) is 53.0. The molecule has 1 saturated carbocycles. The summed E-state index contributed by atoms with van der Waals surface area (Å²) in [6, 6.07) is 36.9. The number of aromatic nitrogens is 9. The maximum atomic E-state index is 12.3. The van der Waals surface area contributed by atoms with Crippen LogP contribution in [0.1, 0.15) is 50.1 Å². The van der Waals surface area contributed by atoms with Crippen LogP contribution in [0.15, 0.2) is 191 Å². The minimum absolute atomic E-state index is 0.252. The molecule has 3 aliphatic heterocycles. The lowest BCUT2D eigenvalue weighted by atomic mass is 10.0. The number of nitrogens with one attached hydrogen (secondary N) is 6. The monoisotopic (exact) mass is 1470 g/mol. The van der Waals surface area contributed by atoms with Crippen molar-refractivity contribution in [3.05, 3.63) is 196 Å². The number of likely N-dealkylation sites (N-methyl/N-ethyl adjacent to an activating group) is 1. The zero-order valence-corrected chi connectivity index (χ0v) is 63.1. The second kappa shape index (κ2) is 34.1. The number of imidazole rings is 2. The number of piperidine rings is 2. The molecule has 27 heteroatoms. The van der Waals surface area contributed by atoms with E-state index in [1.807, 2.05) is 131 Å². The van der Waals surface area contributed by atoms with Gasteiger partial charge in [0.1, 0.15) is 28.9 Å². The summed E-state index contributed by atoms with van der Waals surface area (Å²) < 4.78 is 23.2. The first-order valence-corrected chi connectivity index (χ1v) is 36.6. The molecule has 15 rings (SSSR count). The zero-order valence-electron chi connectivity index (χ0n) is 63.1. The molecule has 0 spiro atoms. The van der Waals surface area contributed by atoms with E-state index in [1.54, 1.807) is 39.9 Å². The molecule has 564 valence electrons. The number of methoxy groups -OCH3 is 3. The van der Waals surface area contributed by atoms with Crippen molar-refractivity contribution in [1.29, 1.82) is 0 Å². The van der Waals surface area contributed by atoms with Crippen LogP contribution in [0.4, 0.5) is 68.8 Å². The van der Waals surface area contributed by atoms with Crippen LogP contribution in [0.5, 0.6) is 17.2 Å². The number of anilines is 12. The fraction of sp³-hybridized carbons (Fsp3) is 0.305. The number of nitrogens with zero attached hydrogens (tertiary/aromatic N) is 15. The molecule has 0 atom stereocenters. The number of carbonyl (C=O) groups excluding carboxylic acids is 3. The molecule has 27 nitrogen and oxygen atoms in total. The Morgan fingerprint density at radius 2 is 0.890 bits per heavy atom. The lowest BCUT2D eigenvalue weighted by Crippen LogP contribution is -2.44. The number of rotatable bonds is 23. The molecule has 0 bridgehead atoms. The second-order valence-electron chi connectivity index (χ2n) is 27.8. The van der Waals surface area contributed by atoms with Gasteiger partial charge in [0.15, 0.2) is 11.3 Å². The van der Waals surface area contributed by atoms with Crippen LogP contribution >= 0.6 is 0 Å². The van der Waals surface area contributed by atoms with Crippen LogP contribution < -0.4 is 60.8 Å². The van der Waals surface area contributed by atoms with Gasteiger partial charge in [-0.25, -0.2) is 29.4 Å². The van der Waals surface area contributed by atoms with Gasteiger partial charge in [0.25, 0.3) is 0 Å². The Bertz CT molecular complexity index is 5070. The van der Waals surface area contributed by atoms with Crippen LogP contribution in [0, 0.1) is 0 Å². The normalized spacial score (nSPS) is 14.8. The molecule has 6 N–H and O–H groups in total. The van der Waals surface area contributed by atoms with Crippen molar-refractivity contribution in [1.82, 2.24) is 58.0 Å². The van der Waals surface area contributed by atoms with Crippen molar-refractivity contribution >= 4 is 103 Å². The Balaban J connectivity index is 0.000000144. The van der Waals surface area contributed by atoms with E-state index in [0.29, 0.717) is 81.3 Å². The van der Waals surface area contributed by atoms with Gasteiger partial charge in [-0.1, -0.05) is 80.4 Å². The summed E-state index contributed by atoms with van der Waals surface area (Å²) in [6.45, 7) is 18.0. The topological polar surface area (TPSA) is 261 Å². The predicted molar refractivity (Wildman–Crippen MR) is 435 cm³/mol. The van der Waals surface area contributed by atoms with E-state index < -0.39 is 0 Å². The number of carbonyl (C=O) groups is 3. The number of ether oxygens (including phenoxy) is 3. The Morgan fingerprint density at radius 3 is 1.34 bits per heavy atom. The molecule has 5 aromatic carbocycles. The van der Waals surface area contributed by atoms with E-state index in [2.05, 4.69) is 158 Å². The largest absolute Gasteiger partial charge is 0.494 e. The van der Waals surface area contributed by atoms with Gasteiger partial charge in [-0.2, -0.15) is 0 Å². The first kappa shape index (κ1) is 74.9. The standard InChI is InChI=1S/C29H33N7O2.C27H29N7O2.C26H33N7O2/c1-5-29(37)33-22-15-23(26(38-4)16-24(22)35-13-11-21(12-14-35)34(2)3)32-27-19-36-25(17-31-28(36)18-30-27)20-9-7-6-8-10-20;1-4-26(35)29-21-16-22(25(36-3)17-24(21)33-14-12-32(2)13-15-33)30-27-28-18-20-10-11-23(34(20)31-27)19-8-6-5-7-9-19;1-5-26(34)30-19-12-20(23(35-4)13-21(19)32-10-8-18(9-11-32)31(2)3)29-24-16-33-22(17-6-7-17)14-28-25(33)15-27-24/h5-10,15-19,21,32H,1,11-14H2,2-4H3,(H,33,37);4-11,16-18H,1,12-15H2,2-3H3,(H,29,35)(H,30,31);5,12-18,29H,1,6-11H2,2-4H3,(H,30,34). The summed E-state index contributed by atoms with van der Waals surface area (Å²) in [4.78, 5) is 73.1. The minimum Gasteiger partial charge on any atom is -0.494 e. The molecule has 109 heavy (non-hydrogen) atoms. The number of fused-ring (bicyclic) bond motifs is 3. The van der Waals surface area contributed by atoms with Gasteiger partial charge >= 0.3 is 0 Å². The predicted octanol–water partition coefficient (Wildman–Crippen LogP) is 12.8. The molecular formula is C82H95N21O6. The minimum atomic E-state index is -0.279. The molecule has 3 amide bonds. The fourth-order valence-corrected chi connectivity index (χ4v) is 14.1. The number of hydrogen-bond acceptors (Lipinski definition) is 21. The van der Waals surface area contributed by atoms with Crippen molar-refractivity contribution < 1.29 is 28.6 Å². The molecule has 4 fully saturated rings. The highest BCUT2D eigenvalue weighted by atomic mass is 16.5. The van der Waals surface area contributed by atoms with Crippen LogP contribution in [0.2, 0.25) is 0 Å². The van der Waals surface area contributed by atoms with Gasteiger partial charge in [-0.3, -0.25) is 23.2 Å². The van der Waals surface area contributed by atoms with E-state index in [0.717, 1.165) is 140 Å². The van der Waals surface area contributed by atoms with Crippen LogP contribution in [-0.2, 0) is 14.4 Å². The Kier molecular flexibility index (Phi) is 23.4. The summed E-state index contributed by atoms with van der Waals surface area (Å²) in [5.74, 6) is 3.44. The molecule has 3 saturated heterocycles. The van der Waals surface area contributed by atoms with Crippen molar-refractivity contribution in [3.63, 3.8) is 0 Å². The van der Waals surface area contributed by atoms with Gasteiger partial charge in [-0.05, 0) is 122 Å². The maximum absolute atomic E-state index is 12.3. The number of amides is 3. The maximum Gasteiger partial charge on any atom is 0.247 e. The van der Waals surface area contributed by atoms with Gasteiger partial charge in [0.05, 0.1) is 127 Å². The highest BCUT2D eigenvalue weighted by Crippen LogP contribution is 2.44. The van der Waals surface area contributed by atoms with Crippen molar-refractivity contribution in [2.75, 3.05) is 156 Å². The van der Waals surface area contributed by atoms with E-state index in [9.17, 15) is 14.4 Å². The lowest BCUT2D eigenvalue weighted by Gasteiger charge is -2.37. The molecule has 6 aromatic heterocycles. The molecule has 11 aromatic rings. The van der Waals surface area contributed by atoms with Gasteiger partial charge < -0.3 is 75.5 Å². The first-order valence-electron chi connectivity index (χ1n) is 36.6. The van der Waals surface area contributed by atoms with E-state index in [-0.39, 0.29) is 17.7 Å². The number of piperazine rings is 1. The smallest absolute Gasteiger partial charge is 0.247 e. The van der Waals surface area contributed by atoms with Gasteiger partial charge in [0, 0.05) is 112 Å². The van der Waals surface area contributed by atoms with Crippen LogP contribution in [0.3, 0.4) is 0 Å². The Labute approximate surface area is 634 Å². The van der Waals surface area contributed by atoms with Crippen LogP contribution in [-0.4, -0.2) is 197 Å². The van der Waals surface area contributed by atoms with Crippen molar-refractivity contribution in [2.24, 2.45) is 0 Å². The summed E-state index contributed by atoms with van der Waals surface area (Å²) in [5.41, 5.74) is 14.6. The van der Waals surface area contributed by atoms with E-state index in [4.69, 9.17) is 19.3 Å². The molecule has 1 aliphatic carbocycles. The summed E-state index contributed by atoms with van der Waals surface area (Å²) in [7, 11) is 15.5. The Hall–Kier alpha value is -12.3. The molecule has 9 heterocycles. The van der Waals surface area contributed by atoms with E-state index >= 15 is 0 Å². The average Bonchev–Trinajstić information content (AvgIpc) is 1.75. The van der Waals surface area contributed by atoms with E-state index in [1.165, 1.54) is 36.8 Å². The number of benzene rings is 5. The second-order valence-corrected chi connectivity index (χ2v) is 27.8. The lowest BCUT2D eigenvalue weighted by molar-refractivity contribution is -0.112. The highest BCUT2D eigenvalue weighted by Gasteiger charge is 2.30. The Morgan fingerprint density at radius 1 is 0.459 bits per heavy atom.